The monoisotopic (exact) mass is 512 g/mol. The summed E-state index contributed by atoms with van der Waals surface area (Å²) in [6.45, 7) is -1.11. The first kappa shape index (κ1) is 24.4. The molecule has 13 heteroatoms. The highest BCUT2D eigenvalue weighted by Gasteiger charge is 2.49. The summed E-state index contributed by atoms with van der Waals surface area (Å²) in [6, 6.07) is 6.98. The van der Waals surface area contributed by atoms with E-state index in [9.17, 15) is 28.4 Å². The second-order valence-electron chi connectivity index (χ2n) is 9.09. The maximum atomic E-state index is 14.9. The number of benzene rings is 1. The van der Waals surface area contributed by atoms with Crippen LogP contribution in [0.5, 0.6) is 5.75 Å². The zero-order chi connectivity index (χ0) is 26.2. The molecular weight excluding hydrogens is 490 g/mol. The van der Waals surface area contributed by atoms with Crippen molar-refractivity contribution in [2.45, 2.75) is 37.3 Å². The van der Waals surface area contributed by atoms with Gasteiger partial charge in [0.15, 0.2) is 6.10 Å². The molecule has 0 bridgehead atoms. The van der Waals surface area contributed by atoms with E-state index in [-0.39, 0.29) is 42.7 Å². The minimum atomic E-state index is -3.40. The van der Waals surface area contributed by atoms with Crippen molar-refractivity contribution in [3.8, 4) is 23.1 Å². The molecule has 0 radical (unpaired) electrons. The van der Waals surface area contributed by atoms with E-state index in [1.807, 2.05) is 6.07 Å². The smallest absolute Gasteiger partial charge is 0.407 e. The molecule has 1 aromatic carbocycles. The van der Waals surface area contributed by atoms with E-state index in [1.165, 1.54) is 18.5 Å². The molecule has 1 saturated carbocycles. The number of carbonyl (C=O) groups excluding carboxylic acids is 3. The number of ether oxygens (including phenoxy) is 2. The molecule has 3 fully saturated rings. The normalized spacial score (nSPS) is 22.4. The van der Waals surface area contributed by atoms with Crippen molar-refractivity contribution in [3.05, 3.63) is 36.2 Å². The van der Waals surface area contributed by atoms with Crippen molar-refractivity contribution < 1.29 is 32.6 Å². The fourth-order valence-electron chi connectivity index (χ4n) is 4.18. The highest BCUT2D eigenvalue weighted by Crippen LogP contribution is 2.34. The van der Waals surface area contributed by atoms with Crippen LogP contribution in [-0.2, 0) is 14.3 Å². The average Bonchev–Trinajstić information content (AvgIpc) is 3.65. The first-order valence-electron chi connectivity index (χ1n) is 11.7. The summed E-state index contributed by atoms with van der Waals surface area (Å²) < 4.78 is 40.1. The number of nitriles is 1. The van der Waals surface area contributed by atoms with Gasteiger partial charge < -0.3 is 25.0 Å². The number of piperidine rings is 1. The quantitative estimate of drug-likeness (QED) is 0.598. The number of rotatable bonds is 6. The third-order valence-electron chi connectivity index (χ3n) is 6.35. The summed E-state index contributed by atoms with van der Waals surface area (Å²) in [5.74, 6) is -3.86. The van der Waals surface area contributed by atoms with Crippen LogP contribution in [-0.4, -0.2) is 70.5 Å². The summed E-state index contributed by atoms with van der Waals surface area (Å²) >= 11 is 0. The molecule has 192 valence electrons. The van der Waals surface area contributed by atoms with Gasteiger partial charge in [-0.15, -0.1) is 0 Å². The topological polar surface area (TPSA) is 147 Å². The maximum Gasteiger partial charge on any atom is 0.407 e. The van der Waals surface area contributed by atoms with Crippen LogP contribution in [0.2, 0.25) is 0 Å². The van der Waals surface area contributed by atoms with E-state index < -0.39 is 36.6 Å². The number of cyclic esters (lactones) is 1. The molecule has 2 saturated heterocycles. The van der Waals surface area contributed by atoms with Crippen LogP contribution in [0.4, 0.5) is 19.4 Å². The molecule has 2 atom stereocenters. The van der Waals surface area contributed by atoms with Crippen molar-refractivity contribution in [1.82, 2.24) is 20.2 Å². The van der Waals surface area contributed by atoms with Gasteiger partial charge in [-0.1, -0.05) is 0 Å². The van der Waals surface area contributed by atoms with E-state index in [1.54, 1.807) is 12.1 Å². The first-order chi connectivity index (χ1) is 17.7. The van der Waals surface area contributed by atoms with Gasteiger partial charge in [-0.05, 0) is 31.0 Å². The van der Waals surface area contributed by atoms with Gasteiger partial charge in [0, 0.05) is 30.5 Å². The fraction of sp³-hybridized carbons (Fsp3) is 0.417. The van der Waals surface area contributed by atoms with Gasteiger partial charge in [-0.3, -0.25) is 9.59 Å². The van der Waals surface area contributed by atoms with Crippen molar-refractivity contribution >= 4 is 23.7 Å². The molecule has 5 rings (SSSR count). The number of alkyl halides is 2. The molecule has 1 aromatic heterocycles. The molecular formula is C24H22F2N6O5. The molecule has 2 aromatic rings. The number of aromatic nitrogens is 2. The average molecular weight is 512 g/mol. The minimum Gasteiger partial charge on any atom is -0.483 e. The van der Waals surface area contributed by atoms with Gasteiger partial charge in [-0.2, -0.15) is 5.26 Å². The molecule has 11 nitrogen and oxygen atoms in total. The molecule has 3 amide bonds. The summed E-state index contributed by atoms with van der Waals surface area (Å²) in [4.78, 5) is 44.8. The Morgan fingerprint density at radius 3 is 2.73 bits per heavy atom. The largest absolute Gasteiger partial charge is 0.483 e. The summed E-state index contributed by atoms with van der Waals surface area (Å²) in [7, 11) is 0. The molecule has 3 aliphatic rings. The van der Waals surface area contributed by atoms with Crippen molar-refractivity contribution in [2.75, 3.05) is 25.0 Å². The van der Waals surface area contributed by atoms with Gasteiger partial charge >= 0.3 is 12.0 Å². The summed E-state index contributed by atoms with van der Waals surface area (Å²) in [5, 5.41) is 14.7. The van der Waals surface area contributed by atoms with Crippen LogP contribution in [0.25, 0.3) is 11.3 Å². The lowest BCUT2D eigenvalue weighted by molar-refractivity contribution is -0.161. The number of halogens is 2. The molecule has 1 aliphatic carbocycles. The number of likely N-dealkylation sites (tertiary alicyclic amines) is 1. The van der Waals surface area contributed by atoms with Crippen molar-refractivity contribution in [1.29, 1.82) is 5.26 Å². The Labute approximate surface area is 209 Å². The Kier molecular flexibility index (Phi) is 6.32. The molecule has 0 spiro atoms. The number of amides is 3. The van der Waals surface area contributed by atoms with E-state index in [0.29, 0.717) is 17.1 Å². The van der Waals surface area contributed by atoms with E-state index in [2.05, 4.69) is 25.3 Å². The lowest BCUT2D eigenvalue weighted by Crippen LogP contribution is -2.58. The number of anilines is 1. The highest BCUT2D eigenvalue weighted by molar-refractivity contribution is 5.93. The predicted molar refractivity (Wildman–Crippen MR) is 122 cm³/mol. The predicted octanol–water partition coefficient (Wildman–Crippen LogP) is 2.09. The van der Waals surface area contributed by atoms with E-state index in [0.717, 1.165) is 17.7 Å². The Balaban J connectivity index is 1.27. The maximum absolute atomic E-state index is 14.9. The van der Waals surface area contributed by atoms with Crippen LogP contribution in [0.1, 0.15) is 24.8 Å². The Hall–Kier alpha value is -4.34. The number of hydrogen-bond donors (Lipinski definition) is 2. The van der Waals surface area contributed by atoms with Gasteiger partial charge in [0.05, 0.1) is 17.8 Å². The highest BCUT2D eigenvalue weighted by atomic mass is 19.3. The van der Waals surface area contributed by atoms with E-state index >= 15 is 0 Å². The lowest BCUT2D eigenvalue weighted by atomic mass is 10.0. The number of alkyl carbamates (subject to hydrolysis) is 1. The number of nitrogens with zero attached hydrogens (tertiary/aromatic N) is 4. The molecule has 2 aliphatic heterocycles. The van der Waals surface area contributed by atoms with Gasteiger partial charge in [0.1, 0.15) is 36.6 Å². The van der Waals surface area contributed by atoms with Crippen LogP contribution in [0.15, 0.2) is 30.6 Å². The number of carbonyl (C=O) groups is 3. The lowest BCUT2D eigenvalue weighted by Gasteiger charge is -2.38. The van der Waals surface area contributed by atoms with Crippen LogP contribution < -0.4 is 15.4 Å². The van der Waals surface area contributed by atoms with Crippen LogP contribution >= 0.6 is 0 Å². The Bertz CT molecular complexity index is 1290. The SMILES string of the molecule is N#Cc1cc(-c2cc(NC(=O)C3CC3)ncn2)ccc1OC1CCN(C(=O)C2COC(=O)N2)CC1(F)F. The number of nitrogens with one attached hydrogen (secondary N) is 2. The van der Waals surface area contributed by atoms with Crippen molar-refractivity contribution in [3.63, 3.8) is 0 Å². The fourth-order valence-corrected chi connectivity index (χ4v) is 4.18. The van der Waals surface area contributed by atoms with Crippen molar-refractivity contribution in [2.24, 2.45) is 5.92 Å². The zero-order valence-corrected chi connectivity index (χ0v) is 19.4. The Morgan fingerprint density at radius 2 is 2.05 bits per heavy atom. The third kappa shape index (κ3) is 5.28. The Morgan fingerprint density at radius 1 is 1.24 bits per heavy atom. The minimum absolute atomic E-state index is 0.000693. The van der Waals surface area contributed by atoms with Gasteiger partial charge in [-0.25, -0.2) is 23.5 Å². The van der Waals surface area contributed by atoms with Gasteiger partial charge in [0.2, 0.25) is 11.8 Å². The molecule has 2 N–H and O–H groups in total. The second kappa shape index (κ2) is 9.61. The zero-order valence-electron chi connectivity index (χ0n) is 19.4. The van der Waals surface area contributed by atoms with E-state index in [4.69, 9.17) is 4.74 Å². The molecule has 37 heavy (non-hydrogen) atoms. The van der Waals surface area contributed by atoms with Gasteiger partial charge in [0.25, 0.3) is 0 Å². The third-order valence-corrected chi connectivity index (χ3v) is 6.35. The summed E-state index contributed by atoms with van der Waals surface area (Å²) in [5.41, 5.74) is 0.977. The second-order valence-corrected chi connectivity index (χ2v) is 9.09. The van der Waals surface area contributed by atoms with Crippen LogP contribution in [0, 0.1) is 17.2 Å². The standard InChI is InChI=1S/C24H22F2N6O5/c25-24(26)11-32(22(34)17-10-36-23(35)30-17)6-5-19(24)37-18-4-3-14(7-15(18)9-27)16-8-20(29-12-28-16)31-21(33)13-1-2-13/h3-4,7-8,12-13,17,19H,1-2,5-6,10-11H2,(H,30,35)(H,28,29,31,33). The summed E-state index contributed by atoms with van der Waals surface area (Å²) in [6.07, 6.45) is 0.470. The number of hydrogen-bond acceptors (Lipinski definition) is 8. The first-order valence-corrected chi connectivity index (χ1v) is 11.7. The molecule has 2 unspecified atom stereocenters. The van der Waals surface area contributed by atoms with Crippen LogP contribution in [0.3, 0.4) is 0 Å². The molecule has 3 heterocycles.